The number of rotatable bonds is 2. The maximum absolute atomic E-state index is 8.81. The van der Waals surface area contributed by atoms with E-state index < -0.39 is 0 Å². The van der Waals surface area contributed by atoms with Gasteiger partial charge in [-0.2, -0.15) is 5.26 Å². The minimum Gasteiger partial charge on any atom is -0.339 e. The molecule has 1 heterocycles. The molecule has 2 rings (SSSR count). The molecule has 0 amide bonds. The number of benzene rings is 1. The molecule has 0 bridgehead atoms. The Morgan fingerprint density at radius 3 is 2.82 bits per heavy atom. The Morgan fingerprint density at radius 2 is 2.12 bits per heavy atom. The van der Waals surface area contributed by atoms with Crippen LogP contribution in [0.25, 0.3) is 0 Å². The summed E-state index contributed by atoms with van der Waals surface area (Å²) in [5.74, 6) is 0.601. The minimum atomic E-state index is 0.527. The van der Waals surface area contributed by atoms with E-state index in [0.29, 0.717) is 26.7 Å². The predicted octanol–water partition coefficient (Wildman–Crippen LogP) is 3.51. The molecule has 2 aromatic rings. The number of aromatic nitrogens is 2. The van der Waals surface area contributed by atoms with Crippen molar-refractivity contribution in [2.45, 2.75) is 0 Å². The van der Waals surface area contributed by atoms with Crippen molar-refractivity contribution >= 4 is 39.0 Å². The fourth-order valence-electron chi connectivity index (χ4n) is 1.23. The Labute approximate surface area is 111 Å². The lowest BCUT2D eigenvalue weighted by atomic mass is 10.2. The summed E-state index contributed by atoms with van der Waals surface area (Å²) in [5.41, 5.74) is 1.17. The van der Waals surface area contributed by atoms with E-state index in [-0.39, 0.29) is 0 Å². The van der Waals surface area contributed by atoms with E-state index in [1.807, 2.05) is 0 Å². The van der Waals surface area contributed by atoms with Crippen LogP contribution in [0.3, 0.4) is 0 Å². The zero-order valence-electron chi connectivity index (χ0n) is 8.48. The van der Waals surface area contributed by atoms with Crippen LogP contribution in [0.15, 0.2) is 35.2 Å². The van der Waals surface area contributed by atoms with Crippen molar-refractivity contribution in [1.82, 2.24) is 9.97 Å². The molecule has 1 N–H and O–H groups in total. The highest BCUT2D eigenvalue weighted by atomic mass is 79.9. The van der Waals surface area contributed by atoms with E-state index in [1.165, 1.54) is 6.33 Å². The van der Waals surface area contributed by atoms with E-state index in [0.717, 1.165) is 0 Å². The normalized spacial score (nSPS) is 9.71. The third-order valence-corrected chi connectivity index (χ3v) is 2.76. The Bertz CT molecular complexity index is 594. The number of hydrogen-bond donors (Lipinski definition) is 1. The molecule has 0 radical (unpaired) electrons. The first kappa shape index (κ1) is 11.8. The van der Waals surface area contributed by atoms with Gasteiger partial charge in [-0.25, -0.2) is 9.97 Å². The zero-order chi connectivity index (χ0) is 12.3. The maximum Gasteiger partial charge on any atom is 0.134 e. The first-order valence-corrected chi connectivity index (χ1v) is 5.80. The van der Waals surface area contributed by atoms with Crippen LogP contribution in [0, 0.1) is 11.3 Å². The van der Waals surface area contributed by atoms with Gasteiger partial charge in [-0.1, -0.05) is 11.6 Å². The van der Waals surface area contributed by atoms with E-state index in [9.17, 15) is 0 Å². The molecule has 1 aromatic carbocycles. The summed E-state index contributed by atoms with van der Waals surface area (Å²) in [7, 11) is 0. The van der Waals surface area contributed by atoms with Gasteiger partial charge < -0.3 is 5.32 Å². The van der Waals surface area contributed by atoms with Crippen LogP contribution in [0.4, 0.5) is 11.5 Å². The van der Waals surface area contributed by atoms with Gasteiger partial charge in [0.05, 0.1) is 22.3 Å². The lowest BCUT2D eigenvalue weighted by molar-refractivity contribution is 1.14. The van der Waals surface area contributed by atoms with Gasteiger partial charge >= 0.3 is 0 Å². The maximum atomic E-state index is 8.81. The second kappa shape index (κ2) is 5.13. The summed E-state index contributed by atoms with van der Waals surface area (Å²) < 4.78 is 0.669. The standard InChI is InChI=1S/C11H6BrClN4/c12-10-4-11(16-6-15-10)17-9-3-7(5-14)1-2-8(9)13/h1-4,6H,(H,15,16,17). The number of nitriles is 1. The molecular formula is C11H6BrClN4. The molecule has 0 atom stereocenters. The molecule has 0 aliphatic carbocycles. The predicted molar refractivity (Wildman–Crippen MR) is 69.2 cm³/mol. The highest BCUT2D eigenvalue weighted by Crippen LogP contribution is 2.26. The van der Waals surface area contributed by atoms with Gasteiger partial charge in [0.1, 0.15) is 16.7 Å². The van der Waals surface area contributed by atoms with Crippen molar-refractivity contribution in [3.05, 3.63) is 45.8 Å². The van der Waals surface area contributed by atoms with Gasteiger partial charge in [0, 0.05) is 6.07 Å². The van der Waals surface area contributed by atoms with E-state index in [4.69, 9.17) is 16.9 Å². The topological polar surface area (TPSA) is 61.6 Å². The molecule has 1 aromatic heterocycles. The van der Waals surface area contributed by atoms with E-state index >= 15 is 0 Å². The Hall–Kier alpha value is -1.64. The van der Waals surface area contributed by atoms with Crippen LogP contribution in [0.5, 0.6) is 0 Å². The average molecular weight is 310 g/mol. The average Bonchev–Trinajstić information content (AvgIpc) is 2.32. The van der Waals surface area contributed by atoms with Crippen LogP contribution < -0.4 is 5.32 Å². The van der Waals surface area contributed by atoms with Crippen LogP contribution in [0.1, 0.15) is 5.56 Å². The summed E-state index contributed by atoms with van der Waals surface area (Å²) in [6, 6.07) is 8.76. The largest absolute Gasteiger partial charge is 0.339 e. The number of nitrogens with one attached hydrogen (secondary N) is 1. The van der Waals surface area contributed by atoms with Gasteiger partial charge in [0.25, 0.3) is 0 Å². The molecule has 17 heavy (non-hydrogen) atoms. The van der Waals surface area contributed by atoms with Gasteiger partial charge in [0.15, 0.2) is 0 Å². The fourth-order valence-corrected chi connectivity index (χ4v) is 1.70. The molecule has 4 nitrogen and oxygen atoms in total. The summed E-state index contributed by atoms with van der Waals surface area (Å²) in [6.45, 7) is 0. The van der Waals surface area contributed by atoms with Gasteiger partial charge in [0.2, 0.25) is 0 Å². The molecule has 0 aliphatic rings. The van der Waals surface area contributed by atoms with Crippen molar-refractivity contribution in [2.24, 2.45) is 0 Å². The van der Waals surface area contributed by atoms with Crippen LogP contribution in [-0.2, 0) is 0 Å². The second-order valence-corrected chi connectivity index (χ2v) is 4.38. The minimum absolute atomic E-state index is 0.527. The molecule has 84 valence electrons. The van der Waals surface area contributed by atoms with Crippen molar-refractivity contribution in [3.8, 4) is 6.07 Å². The molecule has 6 heteroatoms. The van der Waals surface area contributed by atoms with Crippen molar-refractivity contribution < 1.29 is 0 Å². The van der Waals surface area contributed by atoms with Gasteiger partial charge in [-0.05, 0) is 34.1 Å². The Morgan fingerprint density at radius 1 is 1.29 bits per heavy atom. The highest BCUT2D eigenvalue weighted by Gasteiger charge is 2.03. The van der Waals surface area contributed by atoms with Crippen molar-refractivity contribution in [1.29, 1.82) is 5.26 Å². The van der Waals surface area contributed by atoms with Gasteiger partial charge in [-0.3, -0.25) is 0 Å². The lowest BCUT2D eigenvalue weighted by Crippen LogP contribution is -1.95. The summed E-state index contributed by atoms with van der Waals surface area (Å²) >= 11 is 9.26. The van der Waals surface area contributed by atoms with E-state index in [2.05, 4.69) is 37.3 Å². The molecule has 0 saturated heterocycles. The molecule has 0 saturated carbocycles. The SMILES string of the molecule is N#Cc1ccc(Cl)c(Nc2cc(Br)ncn2)c1. The Kier molecular flexibility index (Phi) is 3.57. The summed E-state index contributed by atoms with van der Waals surface area (Å²) in [4.78, 5) is 7.96. The number of nitrogens with zero attached hydrogens (tertiary/aromatic N) is 3. The fraction of sp³-hybridized carbons (Fsp3) is 0. The monoisotopic (exact) mass is 308 g/mol. The molecule has 0 spiro atoms. The first-order chi connectivity index (χ1) is 8.19. The number of halogens is 2. The number of anilines is 2. The first-order valence-electron chi connectivity index (χ1n) is 4.63. The number of hydrogen-bond acceptors (Lipinski definition) is 4. The molecule has 0 unspecified atom stereocenters. The molecule has 0 aliphatic heterocycles. The summed E-state index contributed by atoms with van der Waals surface area (Å²) in [6.07, 6.45) is 1.43. The third kappa shape index (κ3) is 2.93. The lowest BCUT2D eigenvalue weighted by Gasteiger charge is -2.07. The zero-order valence-corrected chi connectivity index (χ0v) is 10.8. The van der Waals surface area contributed by atoms with E-state index in [1.54, 1.807) is 24.3 Å². The Balaban J connectivity index is 2.33. The highest BCUT2D eigenvalue weighted by molar-refractivity contribution is 9.10. The van der Waals surface area contributed by atoms with Crippen molar-refractivity contribution in [3.63, 3.8) is 0 Å². The molecule has 0 fully saturated rings. The molecular weight excluding hydrogens is 304 g/mol. The second-order valence-electron chi connectivity index (χ2n) is 3.16. The summed E-state index contributed by atoms with van der Waals surface area (Å²) in [5, 5.41) is 12.4. The van der Waals surface area contributed by atoms with Gasteiger partial charge in [-0.15, -0.1) is 0 Å². The van der Waals surface area contributed by atoms with Crippen LogP contribution in [0.2, 0.25) is 5.02 Å². The quantitative estimate of drug-likeness (QED) is 0.862. The third-order valence-electron chi connectivity index (χ3n) is 1.99. The smallest absolute Gasteiger partial charge is 0.134 e. The van der Waals surface area contributed by atoms with Crippen LogP contribution >= 0.6 is 27.5 Å². The van der Waals surface area contributed by atoms with Crippen molar-refractivity contribution in [2.75, 3.05) is 5.32 Å². The van der Waals surface area contributed by atoms with Crippen LogP contribution in [-0.4, -0.2) is 9.97 Å².